The molecule has 0 aromatic heterocycles. The Morgan fingerprint density at radius 3 is 2.79 bits per heavy atom. The van der Waals surface area contributed by atoms with Gasteiger partial charge in [-0.25, -0.2) is 0 Å². The van der Waals surface area contributed by atoms with E-state index in [2.05, 4.69) is 0 Å². The predicted octanol–water partition coefficient (Wildman–Crippen LogP) is 1.84. The van der Waals surface area contributed by atoms with Crippen molar-refractivity contribution in [3.05, 3.63) is 27.3 Å². The van der Waals surface area contributed by atoms with Gasteiger partial charge < -0.3 is 15.1 Å². The molecular weight excluding hydrogens is 357 g/mol. The maximum Gasteiger partial charge on any atom is 0.254 e. The number of phenols is 1. The van der Waals surface area contributed by atoms with Crippen LogP contribution in [0, 0.1) is 15.4 Å². The molecule has 1 aliphatic heterocycles. The van der Waals surface area contributed by atoms with E-state index in [1.807, 2.05) is 22.6 Å². The lowest BCUT2D eigenvalue weighted by Gasteiger charge is -2.18. The monoisotopic (exact) mass is 373 g/mol. The number of rotatable bonds is 1. The minimum atomic E-state index is -0.257. The third-order valence-electron chi connectivity index (χ3n) is 4.30. The van der Waals surface area contributed by atoms with Crippen LogP contribution in [0.2, 0.25) is 0 Å². The van der Waals surface area contributed by atoms with Gasteiger partial charge >= 0.3 is 0 Å². The first-order valence-electron chi connectivity index (χ1n) is 6.52. The Morgan fingerprint density at radius 2 is 2.11 bits per heavy atom. The van der Waals surface area contributed by atoms with E-state index in [1.54, 1.807) is 17.0 Å². The molecule has 0 radical (unpaired) electrons. The third-order valence-corrected chi connectivity index (χ3v) is 5.21. The molecule has 2 aliphatic rings. The summed E-state index contributed by atoms with van der Waals surface area (Å²) in [7, 11) is 0. The van der Waals surface area contributed by atoms with Gasteiger partial charge in [-0.1, -0.05) is 0 Å². The Morgan fingerprint density at radius 1 is 1.32 bits per heavy atom. The Hall–Kier alpha value is -0.820. The third kappa shape index (κ3) is 2.33. The van der Waals surface area contributed by atoms with Crippen LogP contribution < -0.4 is 0 Å². The van der Waals surface area contributed by atoms with Crippen molar-refractivity contribution < 1.29 is 15.0 Å². The van der Waals surface area contributed by atoms with Gasteiger partial charge in [-0.05, 0) is 59.5 Å². The van der Waals surface area contributed by atoms with Gasteiger partial charge in [0.25, 0.3) is 5.91 Å². The first-order chi connectivity index (χ1) is 9.06. The number of likely N-dealkylation sites (tertiary alicyclic amines) is 1. The van der Waals surface area contributed by atoms with Crippen molar-refractivity contribution in [2.75, 3.05) is 13.1 Å². The van der Waals surface area contributed by atoms with E-state index >= 15 is 0 Å². The van der Waals surface area contributed by atoms with E-state index in [-0.39, 0.29) is 23.7 Å². The van der Waals surface area contributed by atoms with E-state index in [1.165, 1.54) is 6.07 Å². The number of amides is 1. The number of aliphatic hydroxyl groups is 1. The molecule has 2 N–H and O–H groups in total. The van der Waals surface area contributed by atoms with Gasteiger partial charge in [0.2, 0.25) is 0 Å². The summed E-state index contributed by atoms with van der Waals surface area (Å²) in [6, 6.07) is 5.01. The van der Waals surface area contributed by atoms with Crippen LogP contribution in [0.3, 0.4) is 0 Å². The van der Waals surface area contributed by atoms with Gasteiger partial charge in [-0.3, -0.25) is 4.79 Å². The second-order valence-electron chi connectivity index (χ2n) is 5.44. The number of nitrogens with zero attached hydrogens (tertiary/aromatic N) is 1. The molecule has 1 aromatic carbocycles. The molecule has 102 valence electrons. The van der Waals surface area contributed by atoms with Crippen LogP contribution in [0.15, 0.2) is 18.2 Å². The topological polar surface area (TPSA) is 60.8 Å². The van der Waals surface area contributed by atoms with Crippen molar-refractivity contribution in [1.29, 1.82) is 0 Å². The molecule has 1 saturated carbocycles. The molecule has 0 bridgehead atoms. The van der Waals surface area contributed by atoms with Gasteiger partial charge in [0, 0.05) is 24.6 Å². The summed E-state index contributed by atoms with van der Waals surface area (Å²) in [6.45, 7) is 1.37. The lowest BCUT2D eigenvalue weighted by atomic mass is 10.00. The quantitative estimate of drug-likeness (QED) is 0.739. The number of aliphatic hydroxyl groups excluding tert-OH is 1. The van der Waals surface area contributed by atoms with Gasteiger partial charge in [0.15, 0.2) is 0 Å². The van der Waals surface area contributed by atoms with Crippen LogP contribution in [-0.2, 0) is 0 Å². The summed E-state index contributed by atoms with van der Waals surface area (Å²) in [4.78, 5) is 14.2. The van der Waals surface area contributed by atoms with Crippen molar-refractivity contribution in [2.45, 2.75) is 18.9 Å². The molecule has 1 aliphatic carbocycles. The molecule has 1 amide bonds. The fourth-order valence-electron chi connectivity index (χ4n) is 3.23. The van der Waals surface area contributed by atoms with Gasteiger partial charge in [-0.15, -0.1) is 0 Å². The number of hydrogen-bond donors (Lipinski definition) is 2. The highest BCUT2D eigenvalue weighted by atomic mass is 127. The largest absolute Gasteiger partial charge is 0.507 e. The van der Waals surface area contributed by atoms with E-state index in [0.29, 0.717) is 18.0 Å². The zero-order chi connectivity index (χ0) is 13.6. The molecule has 5 heteroatoms. The summed E-state index contributed by atoms with van der Waals surface area (Å²) in [5.74, 6) is 0.775. The molecule has 1 heterocycles. The minimum absolute atomic E-state index is 0.0479. The van der Waals surface area contributed by atoms with Crippen molar-refractivity contribution in [1.82, 2.24) is 4.90 Å². The molecule has 3 unspecified atom stereocenters. The number of hydrogen-bond acceptors (Lipinski definition) is 3. The zero-order valence-corrected chi connectivity index (χ0v) is 12.6. The summed E-state index contributed by atoms with van der Waals surface area (Å²) in [5.41, 5.74) is 0.521. The minimum Gasteiger partial charge on any atom is -0.507 e. The lowest BCUT2D eigenvalue weighted by molar-refractivity contribution is 0.0752. The summed E-state index contributed by atoms with van der Waals surface area (Å²) in [6.07, 6.45) is 1.61. The Bertz CT molecular complexity index is 519. The molecule has 4 nitrogen and oxygen atoms in total. The molecule has 1 saturated heterocycles. The number of phenolic OH excluding ortho intramolecular Hbond substituents is 1. The molecule has 0 spiro atoms. The Balaban J connectivity index is 1.76. The normalized spacial score (nSPS) is 29.6. The average Bonchev–Trinajstić information content (AvgIpc) is 2.95. The highest BCUT2D eigenvalue weighted by molar-refractivity contribution is 14.1. The van der Waals surface area contributed by atoms with Crippen LogP contribution >= 0.6 is 22.6 Å². The molecule has 19 heavy (non-hydrogen) atoms. The first kappa shape index (κ1) is 13.2. The maximum absolute atomic E-state index is 12.4. The average molecular weight is 373 g/mol. The van der Waals surface area contributed by atoms with Crippen molar-refractivity contribution in [2.24, 2.45) is 11.8 Å². The van der Waals surface area contributed by atoms with Crippen molar-refractivity contribution >= 4 is 28.5 Å². The van der Waals surface area contributed by atoms with Gasteiger partial charge in [0.1, 0.15) is 5.75 Å². The number of benzene rings is 1. The second kappa shape index (κ2) is 4.94. The summed E-state index contributed by atoms with van der Waals surface area (Å²) >= 11 is 2.03. The van der Waals surface area contributed by atoms with E-state index in [9.17, 15) is 15.0 Å². The Labute approximate surface area is 125 Å². The highest BCUT2D eigenvalue weighted by Crippen LogP contribution is 2.38. The summed E-state index contributed by atoms with van der Waals surface area (Å²) < 4.78 is 0.739. The number of carbonyl (C=O) groups excluding carboxylic acids is 1. The van der Waals surface area contributed by atoms with Crippen LogP contribution in [0.25, 0.3) is 0 Å². The second-order valence-corrected chi connectivity index (χ2v) is 6.61. The van der Waals surface area contributed by atoms with Gasteiger partial charge in [-0.2, -0.15) is 0 Å². The van der Waals surface area contributed by atoms with E-state index < -0.39 is 0 Å². The van der Waals surface area contributed by atoms with Crippen LogP contribution in [0.1, 0.15) is 23.2 Å². The molecule has 2 fully saturated rings. The van der Waals surface area contributed by atoms with E-state index in [0.717, 1.165) is 23.0 Å². The molecule has 3 atom stereocenters. The lowest BCUT2D eigenvalue weighted by Crippen LogP contribution is -2.31. The predicted molar refractivity (Wildman–Crippen MR) is 78.9 cm³/mol. The fraction of sp³-hybridized carbons (Fsp3) is 0.500. The van der Waals surface area contributed by atoms with Crippen LogP contribution in [0.4, 0.5) is 0 Å². The first-order valence-corrected chi connectivity index (χ1v) is 7.60. The zero-order valence-electron chi connectivity index (χ0n) is 10.4. The van der Waals surface area contributed by atoms with Gasteiger partial charge in [0.05, 0.1) is 9.67 Å². The van der Waals surface area contributed by atoms with Crippen molar-refractivity contribution in [3.8, 4) is 5.75 Å². The number of aromatic hydroxyl groups is 1. The fourth-order valence-corrected chi connectivity index (χ4v) is 3.57. The smallest absolute Gasteiger partial charge is 0.254 e. The Kier molecular flexibility index (Phi) is 3.42. The number of carbonyl (C=O) groups is 1. The van der Waals surface area contributed by atoms with Crippen LogP contribution in [0.5, 0.6) is 5.75 Å². The maximum atomic E-state index is 12.4. The number of halogens is 1. The molecule has 3 rings (SSSR count). The van der Waals surface area contributed by atoms with E-state index in [4.69, 9.17) is 0 Å². The SMILES string of the molecule is O=C(c1ccc(I)c(O)c1)N1CC2CCC(O)C2C1. The standard InChI is InChI=1S/C14H16INO3/c15-11-3-1-8(5-13(11)18)14(19)16-6-9-2-4-12(17)10(9)7-16/h1,3,5,9-10,12,17-18H,2,4,6-7H2. The molecule has 1 aromatic rings. The highest BCUT2D eigenvalue weighted by Gasteiger charge is 2.43. The number of fused-ring (bicyclic) bond motifs is 1. The van der Waals surface area contributed by atoms with Crippen molar-refractivity contribution in [3.63, 3.8) is 0 Å². The summed E-state index contributed by atoms with van der Waals surface area (Å²) in [5, 5.41) is 19.5. The molecular formula is C14H16INO3. The van der Waals surface area contributed by atoms with Crippen LogP contribution in [-0.4, -0.2) is 40.2 Å².